The first-order valence-electron chi connectivity index (χ1n) is 7.53. The van der Waals surface area contributed by atoms with Gasteiger partial charge in [-0.3, -0.25) is 4.79 Å². The molecule has 0 unspecified atom stereocenters. The Balaban J connectivity index is 2.28. The zero-order valence-corrected chi connectivity index (χ0v) is 13.4. The SMILES string of the molecule is CCc1ccc(NC(=O)/C(C#N)=C/c2ccccc2C(F)(F)F)cc1. The number of carbonyl (C=O) groups is 1. The molecule has 2 rings (SSSR count). The third-order valence-corrected chi connectivity index (χ3v) is 3.55. The molecule has 0 aliphatic rings. The lowest BCUT2D eigenvalue weighted by molar-refractivity contribution is -0.137. The lowest BCUT2D eigenvalue weighted by Gasteiger charge is -2.10. The summed E-state index contributed by atoms with van der Waals surface area (Å²) in [5.74, 6) is -0.760. The van der Waals surface area contributed by atoms with Gasteiger partial charge in [0.25, 0.3) is 5.91 Å². The molecule has 0 aliphatic carbocycles. The number of carbonyl (C=O) groups excluding carboxylic acids is 1. The minimum absolute atomic E-state index is 0.233. The molecule has 0 saturated heterocycles. The Morgan fingerprint density at radius 2 is 1.80 bits per heavy atom. The maximum atomic E-state index is 13.0. The number of hydrogen-bond donors (Lipinski definition) is 1. The molecule has 0 heterocycles. The Labute approximate surface area is 143 Å². The van der Waals surface area contributed by atoms with Crippen molar-refractivity contribution in [3.8, 4) is 6.07 Å². The van der Waals surface area contributed by atoms with Crippen molar-refractivity contribution in [2.45, 2.75) is 19.5 Å². The molecule has 2 aromatic carbocycles. The Hall–Kier alpha value is -3.07. The number of rotatable bonds is 4. The van der Waals surface area contributed by atoms with Crippen LogP contribution in [-0.4, -0.2) is 5.91 Å². The molecular formula is C19H15F3N2O. The van der Waals surface area contributed by atoms with Crippen molar-refractivity contribution in [1.29, 1.82) is 5.26 Å². The fraction of sp³-hybridized carbons (Fsp3) is 0.158. The van der Waals surface area contributed by atoms with Gasteiger partial charge in [-0.2, -0.15) is 18.4 Å². The molecule has 0 fully saturated rings. The number of aryl methyl sites for hydroxylation is 1. The maximum Gasteiger partial charge on any atom is 0.416 e. The van der Waals surface area contributed by atoms with Crippen molar-refractivity contribution in [3.63, 3.8) is 0 Å². The van der Waals surface area contributed by atoms with E-state index in [1.807, 2.05) is 19.1 Å². The first kappa shape index (κ1) is 18.3. The summed E-state index contributed by atoms with van der Waals surface area (Å²) in [5, 5.41) is 11.7. The molecule has 0 radical (unpaired) electrons. The number of nitrogens with zero attached hydrogens (tertiary/aromatic N) is 1. The van der Waals surface area contributed by atoms with Crippen LogP contribution in [0.15, 0.2) is 54.1 Å². The van der Waals surface area contributed by atoms with Gasteiger partial charge >= 0.3 is 6.18 Å². The Bertz CT molecular complexity index is 831. The Morgan fingerprint density at radius 3 is 2.36 bits per heavy atom. The highest BCUT2D eigenvalue weighted by molar-refractivity contribution is 6.09. The van der Waals surface area contributed by atoms with E-state index in [2.05, 4.69) is 5.32 Å². The van der Waals surface area contributed by atoms with Gasteiger partial charge in [0, 0.05) is 5.69 Å². The number of alkyl halides is 3. The fourth-order valence-corrected chi connectivity index (χ4v) is 2.21. The molecule has 2 aromatic rings. The third kappa shape index (κ3) is 4.70. The van der Waals surface area contributed by atoms with Crippen molar-refractivity contribution in [2.75, 3.05) is 5.32 Å². The Morgan fingerprint density at radius 1 is 1.16 bits per heavy atom. The highest BCUT2D eigenvalue weighted by atomic mass is 19.4. The predicted octanol–water partition coefficient (Wildman–Crippen LogP) is 4.81. The fourth-order valence-electron chi connectivity index (χ4n) is 2.21. The summed E-state index contributed by atoms with van der Waals surface area (Å²) >= 11 is 0. The molecule has 0 saturated carbocycles. The molecule has 0 spiro atoms. The van der Waals surface area contributed by atoms with E-state index in [-0.39, 0.29) is 5.56 Å². The molecule has 25 heavy (non-hydrogen) atoms. The van der Waals surface area contributed by atoms with Crippen molar-refractivity contribution in [2.24, 2.45) is 0 Å². The molecule has 0 aliphatic heterocycles. The Kier molecular flexibility index (Phi) is 5.60. The van der Waals surface area contributed by atoms with E-state index in [0.29, 0.717) is 5.69 Å². The van der Waals surface area contributed by atoms with E-state index in [4.69, 9.17) is 5.26 Å². The summed E-state index contributed by atoms with van der Waals surface area (Å²) in [6.45, 7) is 1.99. The summed E-state index contributed by atoms with van der Waals surface area (Å²) in [4.78, 5) is 12.2. The second-order valence-corrected chi connectivity index (χ2v) is 5.26. The van der Waals surface area contributed by atoms with Crippen LogP contribution in [-0.2, 0) is 17.4 Å². The summed E-state index contributed by atoms with van der Waals surface area (Å²) < 4.78 is 39.0. The van der Waals surface area contributed by atoms with Crippen LogP contribution in [0, 0.1) is 11.3 Å². The van der Waals surface area contributed by atoms with Gasteiger partial charge in [-0.15, -0.1) is 0 Å². The quantitative estimate of drug-likeness (QED) is 0.639. The van der Waals surface area contributed by atoms with Gasteiger partial charge in [-0.1, -0.05) is 37.3 Å². The zero-order chi connectivity index (χ0) is 18.4. The highest BCUT2D eigenvalue weighted by Gasteiger charge is 2.32. The maximum absolute atomic E-state index is 13.0. The molecule has 1 N–H and O–H groups in total. The van der Waals surface area contributed by atoms with Crippen LogP contribution in [0.5, 0.6) is 0 Å². The average Bonchev–Trinajstić information content (AvgIpc) is 2.59. The van der Waals surface area contributed by atoms with E-state index in [9.17, 15) is 18.0 Å². The first-order chi connectivity index (χ1) is 11.8. The van der Waals surface area contributed by atoms with Gasteiger partial charge in [-0.05, 0) is 41.8 Å². The van der Waals surface area contributed by atoms with Gasteiger partial charge in [0.1, 0.15) is 11.6 Å². The van der Waals surface area contributed by atoms with Crippen molar-refractivity contribution < 1.29 is 18.0 Å². The molecule has 0 aromatic heterocycles. The van der Waals surface area contributed by atoms with E-state index >= 15 is 0 Å². The highest BCUT2D eigenvalue weighted by Crippen LogP contribution is 2.32. The van der Waals surface area contributed by atoms with Gasteiger partial charge in [0.15, 0.2) is 0 Å². The summed E-state index contributed by atoms with van der Waals surface area (Å²) in [6, 6.07) is 13.4. The van der Waals surface area contributed by atoms with Crippen LogP contribution in [0.4, 0.5) is 18.9 Å². The van der Waals surface area contributed by atoms with Crippen LogP contribution in [0.3, 0.4) is 0 Å². The molecule has 0 atom stereocenters. The molecule has 1 amide bonds. The second kappa shape index (κ2) is 7.67. The van der Waals surface area contributed by atoms with Crippen LogP contribution in [0.25, 0.3) is 6.08 Å². The van der Waals surface area contributed by atoms with Crippen molar-refractivity contribution in [3.05, 3.63) is 70.8 Å². The van der Waals surface area contributed by atoms with Crippen LogP contribution in [0.2, 0.25) is 0 Å². The van der Waals surface area contributed by atoms with Gasteiger partial charge in [-0.25, -0.2) is 0 Å². The smallest absolute Gasteiger partial charge is 0.321 e. The number of halogens is 3. The van der Waals surface area contributed by atoms with Crippen LogP contribution >= 0.6 is 0 Å². The summed E-state index contributed by atoms with van der Waals surface area (Å²) in [6.07, 6.45) is -2.79. The third-order valence-electron chi connectivity index (χ3n) is 3.55. The lowest BCUT2D eigenvalue weighted by atomic mass is 10.0. The van der Waals surface area contributed by atoms with Gasteiger partial charge in [0.05, 0.1) is 5.56 Å². The molecule has 128 valence electrons. The van der Waals surface area contributed by atoms with E-state index < -0.39 is 23.2 Å². The molecule has 0 bridgehead atoms. The average molecular weight is 344 g/mol. The number of anilines is 1. The predicted molar refractivity (Wildman–Crippen MR) is 89.5 cm³/mol. The molecule has 6 heteroatoms. The minimum atomic E-state index is -4.57. The summed E-state index contributed by atoms with van der Waals surface area (Å²) in [7, 11) is 0. The van der Waals surface area contributed by atoms with Crippen LogP contribution < -0.4 is 5.32 Å². The van der Waals surface area contributed by atoms with Crippen molar-refractivity contribution in [1.82, 2.24) is 0 Å². The van der Waals surface area contributed by atoms with Crippen molar-refractivity contribution >= 4 is 17.7 Å². The largest absolute Gasteiger partial charge is 0.416 e. The number of benzene rings is 2. The second-order valence-electron chi connectivity index (χ2n) is 5.26. The van der Waals surface area contributed by atoms with E-state index in [0.717, 1.165) is 24.1 Å². The number of amides is 1. The first-order valence-corrected chi connectivity index (χ1v) is 7.53. The van der Waals surface area contributed by atoms with E-state index in [1.165, 1.54) is 18.2 Å². The molecule has 3 nitrogen and oxygen atoms in total. The van der Waals surface area contributed by atoms with Gasteiger partial charge < -0.3 is 5.32 Å². The standard InChI is InChI=1S/C19H15F3N2O/c1-2-13-7-9-16(10-8-13)24-18(25)15(12-23)11-14-5-3-4-6-17(14)19(20,21)22/h3-11H,2H2,1H3,(H,24,25)/b15-11+. The van der Waals surface area contributed by atoms with Crippen LogP contribution in [0.1, 0.15) is 23.6 Å². The van der Waals surface area contributed by atoms with E-state index in [1.54, 1.807) is 18.2 Å². The number of hydrogen-bond acceptors (Lipinski definition) is 2. The van der Waals surface area contributed by atoms with Gasteiger partial charge in [0.2, 0.25) is 0 Å². The monoisotopic (exact) mass is 344 g/mol. The number of nitrogens with one attached hydrogen (secondary N) is 1. The molecular weight excluding hydrogens is 329 g/mol. The minimum Gasteiger partial charge on any atom is -0.321 e. The topological polar surface area (TPSA) is 52.9 Å². The summed E-state index contributed by atoms with van der Waals surface area (Å²) in [5.41, 5.74) is 0.00255. The lowest BCUT2D eigenvalue weighted by Crippen LogP contribution is -2.14. The zero-order valence-electron chi connectivity index (χ0n) is 13.4. The number of nitriles is 1. The normalized spacial score (nSPS) is 11.7.